The molecular formula is C23H23N3O2. The highest BCUT2D eigenvalue weighted by atomic mass is 16.2. The first-order valence-electron chi connectivity index (χ1n) is 9.59. The van der Waals surface area contributed by atoms with Gasteiger partial charge >= 0.3 is 6.03 Å². The number of carbonyl (C=O) groups excluding carboxylic acids is 2. The fourth-order valence-corrected chi connectivity index (χ4v) is 3.71. The average Bonchev–Trinajstić information content (AvgIpc) is 3.23. The summed E-state index contributed by atoms with van der Waals surface area (Å²) in [6, 6.07) is 22.9. The molecule has 1 heterocycles. The Bertz CT molecular complexity index is 982. The van der Waals surface area contributed by atoms with Gasteiger partial charge in [-0.1, -0.05) is 66.7 Å². The number of hydrogen-bond acceptors (Lipinski definition) is 2. The lowest BCUT2D eigenvalue weighted by Crippen LogP contribution is -2.47. The summed E-state index contributed by atoms with van der Waals surface area (Å²) < 4.78 is 0. The Balaban J connectivity index is 1.43. The Labute approximate surface area is 164 Å². The van der Waals surface area contributed by atoms with Gasteiger partial charge in [-0.15, -0.1) is 0 Å². The van der Waals surface area contributed by atoms with Gasteiger partial charge in [0.1, 0.15) is 6.04 Å². The summed E-state index contributed by atoms with van der Waals surface area (Å²) in [5.74, 6) is -0.135. The maximum atomic E-state index is 12.9. The summed E-state index contributed by atoms with van der Waals surface area (Å²) in [7, 11) is 0. The van der Waals surface area contributed by atoms with Crippen LogP contribution in [0.2, 0.25) is 0 Å². The van der Waals surface area contributed by atoms with Crippen LogP contribution in [-0.2, 0) is 11.3 Å². The number of rotatable bonds is 4. The number of nitrogens with zero attached hydrogens (tertiary/aromatic N) is 1. The van der Waals surface area contributed by atoms with Crippen LogP contribution in [0.5, 0.6) is 0 Å². The number of anilines is 1. The lowest BCUT2D eigenvalue weighted by atomic mass is 10.1. The molecule has 0 aliphatic carbocycles. The van der Waals surface area contributed by atoms with Crippen molar-refractivity contribution in [3.8, 4) is 0 Å². The van der Waals surface area contributed by atoms with Crippen LogP contribution in [0.1, 0.15) is 18.4 Å². The van der Waals surface area contributed by atoms with Crippen LogP contribution in [0, 0.1) is 0 Å². The van der Waals surface area contributed by atoms with Crippen LogP contribution < -0.4 is 10.6 Å². The van der Waals surface area contributed by atoms with Gasteiger partial charge in [0.2, 0.25) is 5.91 Å². The molecule has 0 spiro atoms. The molecule has 142 valence electrons. The maximum absolute atomic E-state index is 12.9. The van der Waals surface area contributed by atoms with E-state index >= 15 is 0 Å². The van der Waals surface area contributed by atoms with E-state index in [-0.39, 0.29) is 11.9 Å². The third-order valence-electron chi connectivity index (χ3n) is 5.15. The predicted octanol–water partition coefficient (Wildman–Crippen LogP) is 4.15. The van der Waals surface area contributed by atoms with Gasteiger partial charge in [-0.05, 0) is 29.9 Å². The largest absolute Gasteiger partial charge is 0.334 e. The van der Waals surface area contributed by atoms with Crippen LogP contribution in [0.3, 0.4) is 0 Å². The zero-order valence-corrected chi connectivity index (χ0v) is 15.6. The van der Waals surface area contributed by atoms with Crippen molar-refractivity contribution in [2.24, 2.45) is 0 Å². The SMILES string of the molecule is O=C(Nc1cccc2ccccc12)[C@H]1CCCN1C(=O)NCc1ccccc1. The van der Waals surface area contributed by atoms with Gasteiger partial charge in [-0.25, -0.2) is 4.79 Å². The zero-order chi connectivity index (χ0) is 19.3. The summed E-state index contributed by atoms with van der Waals surface area (Å²) in [6.45, 7) is 1.04. The zero-order valence-electron chi connectivity index (χ0n) is 15.6. The van der Waals surface area contributed by atoms with Crippen LogP contribution in [0.15, 0.2) is 72.8 Å². The third kappa shape index (κ3) is 3.83. The van der Waals surface area contributed by atoms with E-state index in [9.17, 15) is 9.59 Å². The molecule has 4 rings (SSSR count). The lowest BCUT2D eigenvalue weighted by molar-refractivity contribution is -0.119. The Morgan fingerprint density at radius 1 is 0.929 bits per heavy atom. The molecule has 1 fully saturated rings. The Morgan fingerprint density at radius 3 is 2.54 bits per heavy atom. The molecule has 3 aromatic rings. The molecule has 28 heavy (non-hydrogen) atoms. The summed E-state index contributed by atoms with van der Waals surface area (Å²) in [5.41, 5.74) is 1.81. The van der Waals surface area contributed by atoms with Crippen molar-refractivity contribution in [3.63, 3.8) is 0 Å². The summed E-state index contributed by atoms with van der Waals surface area (Å²) in [5, 5.41) is 8.02. The van der Waals surface area contributed by atoms with E-state index in [0.717, 1.165) is 28.4 Å². The van der Waals surface area contributed by atoms with E-state index in [0.29, 0.717) is 19.5 Å². The van der Waals surface area contributed by atoms with E-state index in [1.54, 1.807) is 4.90 Å². The highest BCUT2D eigenvalue weighted by Crippen LogP contribution is 2.25. The molecule has 3 amide bonds. The van der Waals surface area contributed by atoms with Crippen molar-refractivity contribution in [2.75, 3.05) is 11.9 Å². The third-order valence-corrected chi connectivity index (χ3v) is 5.15. The van der Waals surface area contributed by atoms with E-state index in [1.165, 1.54) is 0 Å². The molecule has 0 bridgehead atoms. The smallest absolute Gasteiger partial charge is 0.318 e. The molecule has 5 nitrogen and oxygen atoms in total. The van der Waals surface area contributed by atoms with Crippen molar-refractivity contribution < 1.29 is 9.59 Å². The molecule has 0 unspecified atom stereocenters. The molecular weight excluding hydrogens is 350 g/mol. The van der Waals surface area contributed by atoms with Crippen molar-refractivity contribution >= 4 is 28.4 Å². The minimum atomic E-state index is -0.449. The van der Waals surface area contributed by atoms with Crippen molar-refractivity contribution in [3.05, 3.63) is 78.4 Å². The number of urea groups is 1. The second kappa shape index (κ2) is 8.13. The Kier molecular flexibility index (Phi) is 5.24. The second-order valence-corrected chi connectivity index (χ2v) is 7.01. The molecule has 1 aliphatic heterocycles. The van der Waals surface area contributed by atoms with E-state index in [1.807, 2.05) is 72.8 Å². The minimum absolute atomic E-state index is 0.135. The highest BCUT2D eigenvalue weighted by molar-refractivity contribution is 6.04. The summed E-state index contributed by atoms with van der Waals surface area (Å²) in [6.07, 6.45) is 1.50. The molecule has 1 atom stereocenters. The number of fused-ring (bicyclic) bond motifs is 1. The van der Waals surface area contributed by atoms with E-state index < -0.39 is 6.04 Å². The first kappa shape index (κ1) is 18.0. The minimum Gasteiger partial charge on any atom is -0.334 e. The number of benzene rings is 3. The predicted molar refractivity (Wildman–Crippen MR) is 111 cm³/mol. The monoisotopic (exact) mass is 373 g/mol. The van der Waals surface area contributed by atoms with Crippen LogP contribution in [-0.4, -0.2) is 29.4 Å². The van der Waals surface area contributed by atoms with E-state index in [2.05, 4.69) is 10.6 Å². The molecule has 0 aromatic heterocycles. The van der Waals surface area contributed by atoms with Crippen LogP contribution in [0.4, 0.5) is 10.5 Å². The molecule has 2 N–H and O–H groups in total. The van der Waals surface area contributed by atoms with Gasteiger partial charge in [0, 0.05) is 24.2 Å². The molecule has 1 aliphatic rings. The van der Waals surface area contributed by atoms with Gasteiger partial charge < -0.3 is 15.5 Å². The number of amides is 3. The number of likely N-dealkylation sites (tertiary alicyclic amines) is 1. The van der Waals surface area contributed by atoms with Gasteiger partial charge in [-0.3, -0.25) is 4.79 Å². The fourth-order valence-electron chi connectivity index (χ4n) is 3.71. The molecule has 5 heteroatoms. The van der Waals surface area contributed by atoms with Crippen LogP contribution in [0.25, 0.3) is 10.8 Å². The van der Waals surface area contributed by atoms with Crippen molar-refractivity contribution in [1.82, 2.24) is 10.2 Å². The molecule has 1 saturated heterocycles. The quantitative estimate of drug-likeness (QED) is 0.722. The summed E-state index contributed by atoms with van der Waals surface area (Å²) in [4.78, 5) is 27.2. The van der Waals surface area contributed by atoms with Crippen molar-refractivity contribution in [2.45, 2.75) is 25.4 Å². The molecule has 3 aromatic carbocycles. The molecule has 0 radical (unpaired) electrons. The Morgan fingerprint density at radius 2 is 1.68 bits per heavy atom. The maximum Gasteiger partial charge on any atom is 0.318 e. The van der Waals surface area contributed by atoms with Gasteiger partial charge in [0.15, 0.2) is 0 Å². The average molecular weight is 373 g/mol. The lowest BCUT2D eigenvalue weighted by Gasteiger charge is -2.24. The topological polar surface area (TPSA) is 61.4 Å². The van der Waals surface area contributed by atoms with E-state index in [4.69, 9.17) is 0 Å². The normalized spacial score (nSPS) is 16.1. The first-order valence-corrected chi connectivity index (χ1v) is 9.59. The van der Waals surface area contributed by atoms with Gasteiger partial charge in [0.05, 0.1) is 0 Å². The number of hydrogen-bond donors (Lipinski definition) is 2. The number of carbonyl (C=O) groups is 2. The van der Waals surface area contributed by atoms with Crippen molar-refractivity contribution in [1.29, 1.82) is 0 Å². The number of nitrogens with one attached hydrogen (secondary N) is 2. The first-order chi connectivity index (χ1) is 13.7. The second-order valence-electron chi connectivity index (χ2n) is 7.01. The fraction of sp³-hybridized carbons (Fsp3) is 0.217. The van der Waals surface area contributed by atoms with Gasteiger partial charge in [-0.2, -0.15) is 0 Å². The Hall–Kier alpha value is -3.34. The molecule has 0 saturated carbocycles. The summed E-state index contributed by atoms with van der Waals surface area (Å²) >= 11 is 0. The highest BCUT2D eigenvalue weighted by Gasteiger charge is 2.34. The van der Waals surface area contributed by atoms with Crippen LogP contribution >= 0.6 is 0 Å². The van der Waals surface area contributed by atoms with Gasteiger partial charge in [0.25, 0.3) is 0 Å². The standard InChI is InChI=1S/C23H23N3O2/c27-22(25-20-13-6-11-18-10-4-5-12-19(18)20)21-14-7-15-26(21)23(28)24-16-17-8-2-1-3-9-17/h1-6,8-13,21H,7,14-16H2,(H,24,28)(H,25,27)/t21-/m1/s1.